The SMILES string of the molecule is CCC(CO)NCc1ccc(OCC(=O)O)c(OC)c1. The van der Waals surface area contributed by atoms with Crippen molar-refractivity contribution in [1.29, 1.82) is 0 Å². The molecule has 0 aliphatic rings. The first-order chi connectivity index (χ1) is 9.60. The molecular formula is C14H21NO5. The van der Waals surface area contributed by atoms with Gasteiger partial charge in [-0.3, -0.25) is 0 Å². The summed E-state index contributed by atoms with van der Waals surface area (Å²) in [7, 11) is 1.50. The number of aliphatic hydroxyl groups is 1. The third-order valence-electron chi connectivity index (χ3n) is 2.89. The van der Waals surface area contributed by atoms with Gasteiger partial charge in [-0.1, -0.05) is 13.0 Å². The van der Waals surface area contributed by atoms with Gasteiger partial charge in [-0.05, 0) is 24.1 Å². The molecular weight excluding hydrogens is 262 g/mol. The molecule has 0 fully saturated rings. The molecule has 0 aliphatic heterocycles. The van der Waals surface area contributed by atoms with Crippen LogP contribution in [0, 0.1) is 0 Å². The topological polar surface area (TPSA) is 88.0 Å². The second-order valence-electron chi connectivity index (χ2n) is 4.34. The summed E-state index contributed by atoms with van der Waals surface area (Å²) in [5.74, 6) is -0.151. The highest BCUT2D eigenvalue weighted by Crippen LogP contribution is 2.28. The molecule has 6 heteroatoms. The summed E-state index contributed by atoms with van der Waals surface area (Å²) >= 11 is 0. The van der Waals surface area contributed by atoms with Crippen molar-refractivity contribution in [3.8, 4) is 11.5 Å². The fraction of sp³-hybridized carbons (Fsp3) is 0.500. The largest absolute Gasteiger partial charge is 0.493 e. The number of aliphatic hydroxyl groups excluding tert-OH is 1. The minimum Gasteiger partial charge on any atom is -0.493 e. The first-order valence-corrected chi connectivity index (χ1v) is 6.46. The van der Waals surface area contributed by atoms with Gasteiger partial charge in [-0.2, -0.15) is 0 Å². The number of carbonyl (C=O) groups is 1. The van der Waals surface area contributed by atoms with E-state index < -0.39 is 12.6 Å². The third-order valence-corrected chi connectivity index (χ3v) is 2.89. The monoisotopic (exact) mass is 283 g/mol. The van der Waals surface area contributed by atoms with E-state index in [-0.39, 0.29) is 12.6 Å². The lowest BCUT2D eigenvalue weighted by Gasteiger charge is -2.15. The van der Waals surface area contributed by atoms with Crippen molar-refractivity contribution in [2.24, 2.45) is 0 Å². The van der Waals surface area contributed by atoms with Gasteiger partial charge in [0.1, 0.15) is 0 Å². The molecule has 1 aromatic carbocycles. The number of hydrogen-bond acceptors (Lipinski definition) is 5. The lowest BCUT2D eigenvalue weighted by Crippen LogP contribution is -2.31. The predicted molar refractivity (Wildman–Crippen MR) is 74.1 cm³/mol. The molecule has 0 bridgehead atoms. The number of nitrogens with one attached hydrogen (secondary N) is 1. The predicted octanol–water partition coefficient (Wildman–Crippen LogP) is 1.02. The van der Waals surface area contributed by atoms with Crippen LogP contribution >= 0.6 is 0 Å². The summed E-state index contributed by atoms with van der Waals surface area (Å²) < 4.78 is 10.3. The molecule has 0 aliphatic carbocycles. The van der Waals surface area contributed by atoms with E-state index in [2.05, 4.69) is 5.32 Å². The summed E-state index contributed by atoms with van der Waals surface area (Å²) in [6.07, 6.45) is 0.841. The van der Waals surface area contributed by atoms with Gasteiger partial charge in [0, 0.05) is 12.6 Å². The van der Waals surface area contributed by atoms with E-state index in [1.807, 2.05) is 13.0 Å². The molecule has 1 unspecified atom stereocenters. The molecule has 1 atom stereocenters. The number of hydrogen-bond donors (Lipinski definition) is 3. The van der Waals surface area contributed by atoms with Crippen LogP contribution in [0.1, 0.15) is 18.9 Å². The smallest absolute Gasteiger partial charge is 0.341 e. The van der Waals surface area contributed by atoms with Crippen molar-refractivity contribution >= 4 is 5.97 Å². The molecule has 0 heterocycles. The van der Waals surface area contributed by atoms with Crippen molar-refractivity contribution in [3.63, 3.8) is 0 Å². The van der Waals surface area contributed by atoms with Crippen LogP contribution in [-0.4, -0.2) is 42.5 Å². The first-order valence-electron chi connectivity index (χ1n) is 6.46. The molecule has 0 spiro atoms. The Labute approximate surface area is 118 Å². The second kappa shape index (κ2) is 8.39. The van der Waals surface area contributed by atoms with Crippen LogP contribution in [-0.2, 0) is 11.3 Å². The molecule has 0 saturated heterocycles. The van der Waals surface area contributed by atoms with E-state index in [1.165, 1.54) is 7.11 Å². The first kappa shape index (κ1) is 16.3. The zero-order valence-corrected chi connectivity index (χ0v) is 11.8. The van der Waals surface area contributed by atoms with Crippen molar-refractivity contribution in [3.05, 3.63) is 23.8 Å². The number of ether oxygens (including phenoxy) is 2. The van der Waals surface area contributed by atoms with Crippen LogP contribution in [0.4, 0.5) is 0 Å². The zero-order chi connectivity index (χ0) is 15.0. The third kappa shape index (κ3) is 5.07. The fourth-order valence-corrected chi connectivity index (χ4v) is 1.68. The van der Waals surface area contributed by atoms with Crippen molar-refractivity contribution in [2.45, 2.75) is 25.9 Å². The van der Waals surface area contributed by atoms with E-state index in [4.69, 9.17) is 19.7 Å². The highest BCUT2D eigenvalue weighted by molar-refractivity contribution is 5.68. The quantitative estimate of drug-likeness (QED) is 0.627. The Kier molecular flexibility index (Phi) is 6.83. The molecule has 3 N–H and O–H groups in total. The second-order valence-corrected chi connectivity index (χ2v) is 4.34. The van der Waals surface area contributed by atoms with Crippen LogP contribution in [0.25, 0.3) is 0 Å². The maximum absolute atomic E-state index is 10.5. The molecule has 112 valence electrons. The Morgan fingerprint density at radius 1 is 1.40 bits per heavy atom. The molecule has 1 rings (SSSR count). The Balaban J connectivity index is 2.68. The number of benzene rings is 1. The average molecular weight is 283 g/mol. The molecule has 0 aromatic heterocycles. The molecule has 0 radical (unpaired) electrons. The lowest BCUT2D eigenvalue weighted by atomic mass is 10.1. The lowest BCUT2D eigenvalue weighted by molar-refractivity contribution is -0.139. The zero-order valence-electron chi connectivity index (χ0n) is 11.8. The number of carboxylic acids is 1. The molecule has 0 amide bonds. The van der Waals surface area contributed by atoms with Gasteiger partial charge in [-0.25, -0.2) is 4.79 Å². The number of carboxylic acid groups (broad SMARTS) is 1. The normalized spacial score (nSPS) is 11.9. The Bertz CT molecular complexity index is 432. The Hall–Kier alpha value is -1.79. The van der Waals surface area contributed by atoms with Gasteiger partial charge < -0.3 is 25.0 Å². The number of rotatable bonds is 9. The summed E-state index contributed by atoms with van der Waals surface area (Å²) in [4.78, 5) is 10.5. The minimum absolute atomic E-state index is 0.0592. The highest BCUT2D eigenvalue weighted by atomic mass is 16.5. The highest BCUT2D eigenvalue weighted by Gasteiger charge is 2.09. The van der Waals surface area contributed by atoms with E-state index in [1.54, 1.807) is 12.1 Å². The summed E-state index contributed by atoms with van der Waals surface area (Å²) in [6, 6.07) is 5.35. The standard InChI is InChI=1S/C14H21NO5/c1-3-11(8-16)15-7-10-4-5-12(13(6-10)19-2)20-9-14(17)18/h4-6,11,15-16H,3,7-9H2,1-2H3,(H,17,18). The van der Waals surface area contributed by atoms with E-state index in [0.29, 0.717) is 18.0 Å². The Morgan fingerprint density at radius 3 is 2.70 bits per heavy atom. The van der Waals surface area contributed by atoms with Gasteiger partial charge in [0.15, 0.2) is 18.1 Å². The van der Waals surface area contributed by atoms with Crippen LogP contribution in [0.15, 0.2) is 18.2 Å². The van der Waals surface area contributed by atoms with Gasteiger partial charge in [0.2, 0.25) is 0 Å². The van der Waals surface area contributed by atoms with Crippen LogP contribution in [0.5, 0.6) is 11.5 Å². The molecule has 0 saturated carbocycles. The van der Waals surface area contributed by atoms with E-state index >= 15 is 0 Å². The minimum atomic E-state index is -1.04. The molecule has 20 heavy (non-hydrogen) atoms. The Morgan fingerprint density at radius 2 is 2.15 bits per heavy atom. The summed E-state index contributed by atoms with van der Waals surface area (Å²) in [5, 5.41) is 20.9. The van der Waals surface area contributed by atoms with E-state index in [9.17, 15) is 4.79 Å². The number of aliphatic carboxylic acids is 1. The van der Waals surface area contributed by atoms with Crippen molar-refractivity contribution in [1.82, 2.24) is 5.32 Å². The van der Waals surface area contributed by atoms with Crippen molar-refractivity contribution < 1.29 is 24.5 Å². The molecule has 6 nitrogen and oxygen atoms in total. The van der Waals surface area contributed by atoms with E-state index in [0.717, 1.165) is 12.0 Å². The maximum atomic E-state index is 10.5. The molecule has 1 aromatic rings. The van der Waals surface area contributed by atoms with Gasteiger partial charge >= 0.3 is 5.97 Å². The maximum Gasteiger partial charge on any atom is 0.341 e. The van der Waals surface area contributed by atoms with Crippen LogP contribution < -0.4 is 14.8 Å². The van der Waals surface area contributed by atoms with Gasteiger partial charge in [-0.15, -0.1) is 0 Å². The average Bonchev–Trinajstić information content (AvgIpc) is 2.46. The summed E-state index contributed by atoms with van der Waals surface area (Å²) in [6.45, 7) is 2.27. The van der Waals surface area contributed by atoms with Crippen LogP contribution in [0.2, 0.25) is 0 Å². The number of methoxy groups -OCH3 is 1. The van der Waals surface area contributed by atoms with Crippen molar-refractivity contribution in [2.75, 3.05) is 20.3 Å². The van der Waals surface area contributed by atoms with Crippen LogP contribution in [0.3, 0.4) is 0 Å². The van der Waals surface area contributed by atoms with Gasteiger partial charge in [0.05, 0.1) is 13.7 Å². The van der Waals surface area contributed by atoms with Gasteiger partial charge in [0.25, 0.3) is 0 Å². The summed E-state index contributed by atoms with van der Waals surface area (Å²) in [5.41, 5.74) is 0.969. The fourth-order valence-electron chi connectivity index (χ4n) is 1.68.